The van der Waals surface area contributed by atoms with Gasteiger partial charge in [-0.25, -0.2) is 0 Å². The van der Waals surface area contributed by atoms with E-state index >= 15 is 0 Å². The summed E-state index contributed by atoms with van der Waals surface area (Å²) in [5, 5.41) is 14.8. The molecule has 0 radical (unpaired) electrons. The summed E-state index contributed by atoms with van der Waals surface area (Å²) >= 11 is 12.8. The molecule has 0 bridgehead atoms. The van der Waals surface area contributed by atoms with Crippen LogP contribution >= 0.6 is 23.2 Å². The summed E-state index contributed by atoms with van der Waals surface area (Å²) < 4.78 is 7.36. The minimum absolute atomic E-state index is 0.0658. The van der Waals surface area contributed by atoms with Crippen LogP contribution in [0.15, 0.2) is 72.8 Å². The lowest BCUT2D eigenvalue weighted by Crippen LogP contribution is -2.67. The van der Waals surface area contributed by atoms with E-state index in [4.69, 9.17) is 27.6 Å². The highest BCUT2D eigenvalue weighted by Gasteiger charge is 2.52. The molecule has 3 atom stereocenters. The van der Waals surface area contributed by atoms with Crippen LogP contribution in [0, 0.1) is 0 Å². The number of rotatable bonds is 5. The molecule has 2 aliphatic rings. The lowest BCUT2D eigenvalue weighted by atomic mass is 10.1. The van der Waals surface area contributed by atoms with Crippen LogP contribution in [-0.4, -0.2) is 43.6 Å². The number of aliphatic hydroxyl groups is 1. The van der Waals surface area contributed by atoms with E-state index in [0.29, 0.717) is 16.5 Å². The van der Waals surface area contributed by atoms with Crippen LogP contribution in [0.4, 0.5) is 0 Å². The Morgan fingerprint density at radius 1 is 0.943 bits per heavy atom. The third kappa shape index (κ3) is 4.50. The molecule has 0 saturated carbocycles. The van der Waals surface area contributed by atoms with Crippen molar-refractivity contribution in [2.24, 2.45) is 0 Å². The number of benzene rings is 3. The molecule has 35 heavy (non-hydrogen) atoms. The summed E-state index contributed by atoms with van der Waals surface area (Å²) in [6, 6.07) is 25.2. The fourth-order valence-electron chi connectivity index (χ4n) is 6.11. The van der Waals surface area contributed by atoms with E-state index in [1.807, 2.05) is 6.07 Å². The van der Waals surface area contributed by atoms with Gasteiger partial charge in [0.15, 0.2) is 0 Å². The molecule has 0 unspecified atom stereocenters. The molecule has 1 aliphatic carbocycles. The first-order valence-corrected chi connectivity index (χ1v) is 15.1. The van der Waals surface area contributed by atoms with Crippen molar-refractivity contribution in [3.05, 3.63) is 94.0 Å². The molecule has 0 aromatic heterocycles. The number of nitrogens with zero attached hydrogens (tertiary/aromatic N) is 1. The third-order valence-electron chi connectivity index (χ3n) is 7.62. The highest BCUT2D eigenvalue weighted by molar-refractivity contribution is 6.99. The van der Waals surface area contributed by atoms with Gasteiger partial charge < -0.3 is 9.53 Å². The molecule has 1 saturated heterocycles. The van der Waals surface area contributed by atoms with Crippen LogP contribution in [0.5, 0.6) is 0 Å². The van der Waals surface area contributed by atoms with E-state index < -0.39 is 14.4 Å². The van der Waals surface area contributed by atoms with Crippen molar-refractivity contribution in [3.8, 4) is 0 Å². The Labute approximate surface area is 219 Å². The monoisotopic (exact) mass is 525 g/mol. The van der Waals surface area contributed by atoms with Crippen molar-refractivity contribution in [1.82, 2.24) is 4.90 Å². The van der Waals surface area contributed by atoms with E-state index in [0.717, 1.165) is 30.6 Å². The minimum Gasteiger partial charge on any atom is -0.403 e. The second-order valence-electron chi connectivity index (χ2n) is 10.9. The standard InChI is InChI=1S/C29H33Cl2NO2Si/c1-29(2,3)35(22-10-6-4-7-11-22,23-12-8-5-9-13-23)34-21-14-15-32(19-21)28-25-16-20(30)17-26(31)24(25)18-27(28)33/h4-13,16-17,21,27-28,33H,14-15,18-19H2,1-3H3/t21-,27-,28-/m1/s1. The summed E-state index contributed by atoms with van der Waals surface area (Å²) in [5.41, 5.74) is 2.08. The molecule has 1 heterocycles. The van der Waals surface area contributed by atoms with Crippen LogP contribution in [0.3, 0.4) is 0 Å². The largest absolute Gasteiger partial charge is 0.403 e. The van der Waals surface area contributed by atoms with Crippen molar-refractivity contribution in [3.63, 3.8) is 0 Å². The van der Waals surface area contributed by atoms with Gasteiger partial charge in [0.25, 0.3) is 8.32 Å². The van der Waals surface area contributed by atoms with Gasteiger partial charge in [0.05, 0.1) is 18.2 Å². The molecule has 184 valence electrons. The molecule has 1 aliphatic heterocycles. The lowest BCUT2D eigenvalue weighted by Gasteiger charge is -2.44. The maximum Gasteiger partial charge on any atom is 0.261 e. The van der Waals surface area contributed by atoms with Crippen molar-refractivity contribution >= 4 is 41.9 Å². The zero-order valence-corrected chi connectivity index (χ0v) is 23.1. The lowest BCUT2D eigenvalue weighted by molar-refractivity contribution is 0.0672. The van der Waals surface area contributed by atoms with E-state index in [1.165, 1.54) is 10.4 Å². The van der Waals surface area contributed by atoms with Crippen LogP contribution in [-0.2, 0) is 10.8 Å². The molecular formula is C29H33Cl2NO2Si. The number of likely N-dealkylation sites (tertiary alicyclic amines) is 1. The van der Waals surface area contributed by atoms with Crippen LogP contribution in [0.2, 0.25) is 15.1 Å². The molecule has 6 heteroatoms. The van der Waals surface area contributed by atoms with Crippen LogP contribution in [0.25, 0.3) is 0 Å². The second-order valence-corrected chi connectivity index (χ2v) is 16.0. The van der Waals surface area contributed by atoms with Gasteiger partial charge in [0, 0.05) is 29.6 Å². The Morgan fingerprint density at radius 2 is 1.54 bits per heavy atom. The van der Waals surface area contributed by atoms with Gasteiger partial charge in [-0.15, -0.1) is 0 Å². The van der Waals surface area contributed by atoms with Crippen LogP contribution < -0.4 is 10.4 Å². The van der Waals surface area contributed by atoms with E-state index in [9.17, 15) is 5.11 Å². The average molecular weight is 527 g/mol. The zero-order valence-electron chi connectivity index (χ0n) is 20.5. The van der Waals surface area contributed by atoms with Gasteiger partial charge in [0.1, 0.15) is 0 Å². The maximum absolute atomic E-state index is 11.0. The number of aliphatic hydroxyl groups excluding tert-OH is 1. The molecule has 3 nitrogen and oxygen atoms in total. The highest BCUT2D eigenvalue weighted by Crippen LogP contribution is 2.44. The van der Waals surface area contributed by atoms with Gasteiger partial charge >= 0.3 is 0 Å². The molecule has 5 rings (SSSR count). The third-order valence-corrected chi connectivity index (χ3v) is 13.3. The summed E-state index contributed by atoms with van der Waals surface area (Å²) in [5.74, 6) is 0. The zero-order chi connectivity index (χ0) is 24.8. The molecule has 1 fully saturated rings. The van der Waals surface area contributed by atoms with E-state index in [-0.39, 0.29) is 17.2 Å². The van der Waals surface area contributed by atoms with E-state index in [1.54, 1.807) is 6.07 Å². The van der Waals surface area contributed by atoms with Crippen molar-refractivity contribution in [2.45, 2.75) is 56.9 Å². The highest BCUT2D eigenvalue weighted by atomic mass is 35.5. The molecular weight excluding hydrogens is 493 g/mol. The molecule has 0 amide bonds. The summed E-state index contributed by atoms with van der Waals surface area (Å²) in [6.07, 6.45) is 1.07. The summed E-state index contributed by atoms with van der Waals surface area (Å²) in [7, 11) is -2.62. The minimum atomic E-state index is -2.62. The van der Waals surface area contributed by atoms with E-state index in [2.05, 4.69) is 86.3 Å². The van der Waals surface area contributed by atoms with Crippen molar-refractivity contribution in [2.75, 3.05) is 13.1 Å². The smallest absolute Gasteiger partial charge is 0.261 e. The Morgan fingerprint density at radius 3 is 2.11 bits per heavy atom. The van der Waals surface area contributed by atoms with Gasteiger partial charge in [-0.3, -0.25) is 4.90 Å². The van der Waals surface area contributed by atoms with Gasteiger partial charge in [-0.2, -0.15) is 0 Å². The number of hydrogen-bond donors (Lipinski definition) is 1. The second kappa shape index (κ2) is 9.66. The normalized spacial score (nSPS) is 23.0. The average Bonchev–Trinajstić information content (AvgIpc) is 3.41. The summed E-state index contributed by atoms with van der Waals surface area (Å²) in [4.78, 5) is 2.37. The van der Waals surface area contributed by atoms with Crippen molar-refractivity contribution < 1.29 is 9.53 Å². The van der Waals surface area contributed by atoms with Gasteiger partial charge in [-0.05, 0) is 45.1 Å². The Bertz CT molecular complexity index is 1140. The van der Waals surface area contributed by atoms with Crippen LogP contribution in [0.1, 0.15) is 44.4 Å². The number of fused-ring (bicyclic) bond motifs is 1. The maximum atomic E-state index is 11.0. The Kier molecular flexibility index (Phi) is 6.90. The first-order chi connectivity index (χ1) is 16.7. The molecule has 0 spiro atoms. The summed E-state index contributed by atoms with van der Waals surface area (Å²) in [6.45, 7) is 8.58. The van der Waals surface area contributed by atoms with Gasteiger partial charge in [-0.1, -0.05) is 105 Å². The quantitative estimate of drug-likeness (QED) is 0.440. The molecule has 3 aromatic carbocycles. The Balaban J connectivity index is 1.48. The SMILES string of the molecule is CC(C)(C)[Si](O[C@@H]1CCN([C@@H]2c3cc(Cl)cc(Cl)c3C[C@H]2O)C1)(c1ccccc1)c1ccccc1. The predicted octanol–water partition coefficient (Wildman–Crippen LogP) is 5.60. The van der Waals surface area contributed by atoms with Gasteiger partial charge in [0.2, 0.25) is 0 Å². The first kappa shape index (κ1) is 25.0. The number of hydrogen-bond acceptors (Lipinski definition) is 3. The topological polar surface area (TPSA) is 32.7 Å². The fourth-order valence-corrected chi connectivity index (χ4v) is 11.4. The van der Waals surface area contributed by atoms with Crippen molar-refractivity contribution in [1.29, 1.82) is 0 Å². The molecule has 1 N–H and O–H groups in total. The fraction of sp³-hybridized carbons (Fsp3) is 0.379. The molecule has 3 aromatic rings. The Hall–Kier alpha value is -1.66. The first-order valence-electron chi connectivity index (χ1n) is 12.4. The predicted molar refractivity (Wildman–Crippen MR) is 148 cm³/mol. The number of halogens is 2.